The molecule has 0 aliphatic carbocycles. The van der Waals surface area contributed by atoms with E-state index >= 15 is 0 Å². The van der Waals surface area contributed by atoms with Crippen molar-refractivity contribution in [2.45, 2.75) is 58.2 Å². The van der Waals surface area contributed by atoms with E-state index < -0.39 is 0 Å². The predicted octanol–water partition coefficient (Wildman–Crippen LogP) is 2.60. The van der Waals surface area contributed by atoms with Crippen molar-refractivity contribution in [3.05, 3.63) is 0 Å². The summed E-state index contributed by atoms with van der Waals surface area (Å²) >= 11 is 0. The lowest BCUT2D eigenvalue weighted by molar-refractivity contribution is -0.0752. The van der Waals surface area contributed by atoms with E-state index in [1.165, 1.54) is 19.3 Å². The number of methoxy groups -OCH3 is 1. The van der Waals surface area contributed by atoms with Gasteiger partial charge in [0.05, 0.1) is 17.8 Å². The molecule has 0 bridgehead atoms. The smallest absolute Gasteiger partial charge is 0.0662 e. The first-order valence-electron chi connectivity index (χ1n) is 6.77. The Balaban J connectivity index is 2.19. The van der Waals surface area contributed by atoms with E-state index in [2.05, 4.69) is 33.0 Å². The number of hydrogen-bond acceptors (Lipinski definition) is 3. The van der Waals surface area contributed by atoms with Crippen LogP contribution < -0.4 is 5.32 Å². The Morgan fingerprint density at radius 1 is 1.24 bits per heavy atom. The molecule has 0 saturated carbocycles. The van der Waals surface area contributed by atoms with Crippen LogP contribution in [-0.2, 0) is 9.47 Å². The van der Waals surface area contributed by atoms with Crippen LogP contribution in [0, 0.1) is 5.92 Å². The molecule has 1 rings (SSSR count). The highest BCUT2D eigenvalue weighted by atomic mass is 16.5. The fourth-order valence-corrected chi connectivity index (χ4v) is 2.90. The van der Waals surface area contributed by atoms with Crippen LogP contribution in [0.15, 0.2) is 0 Å². The maximum Gasteiger partial charge on any atom is 0.0662 e. The van der Waals surface area contributed by atoms with Gasteiger partial charge in [-0.1, -0.05) is 0 Å². The molecule has 0 amide bonds. The first-order valence-corrected chi connectivity index (χ1v) is 6.77. The highest BCUT2D eigenvalue weighted by molar-refractivity contribution is 4.94. The zero-order valence-corrected chi connectivity index (χ0v) is 12.1. The molecule has 1 saturated heterocycles. The van der Waals surface area contributed by atoms with Gasteiger partial charge < -0.3 is 14.8 Å². The Morgan fingerprint density at radius 3 is 2.47 bits per heavy atom. The molecule has 1 N–H and O–H groups in total. The Morgan fingerprint density at radius 2 is 1.94 bits per heavy atom. The van der Waals surface area contributed by atoms with Crippen LogP contribution >= 0.6 is 0 Å². The van der Waals surface area contributed by atoms with Gasteiger partial charge in [-0.15, -0.1) is 0 Å². The summed E-state index contributed by atoms with van der Waals surface area (Å²) in [6.07, 6.45) is 3.64. The van der Waals surface area contributed by atoms with Gasteiger partial charge >= 0.3 is 0 Å². The minimum absolute atomic E-state index is 0.0377. The Labute approximate surface area is 106 Å². The van der Waals surface area contributed by atoms with E-state index in [0.29, 0.717) is 5.92 Å². The topological polar surface area (TPSA) is 30.5 Å². The quantitative estimate of drug-likeness (QED) is 0.697. The number of hydrogen-bond donors (Lipinski definition) is 1. The maximum atomic E-state index is 6.10. The van der Waals surface area contributed by atoms with Crippen molar-refractivity contribution in [3.63, 3.8) is 0 Å². The van der Waals surface area contributed by atoms with Crippen molar-refractivity contribution in [3.8, 4) is 0 Å². The highest BCUT2D eigenvalue weighted by Crippen LogP contribution is 2.43. The molecule has 1 heterocycles. The van der Waals surface area contributed by atoms with Gasteiger partial charge in [0.1, 0.15) is 0 Å². The highest BCUT2D eigenvalue weighted by Gasteiger charge is 2.44. The monoisotopic (exact) mass is 243 g/mol. The van der Waals surface area contributed by atoms with Gasteiger partial charge in [0, 0.05) is 13.7 Å². The SMILES string of the molecule is COCCNCCCC1CC(C)(C)OC1(C)C. The summed E-state index contributed by atoms with van der Waals surface area (Å²) in [5.41, 5.74) is 0.0909. The lowest BCUT2D eigenvalue weighted by Crippen LogP contribution is -2.30. The molecule has 0 spiro atoms. The minimum atomic E-state index is 0.0377. The summed E-state index contributed by atoms with van der Waals surface area (Å²) in [6, 6.07) is 0. The average Bonchev–Trinajstić information content (AvgIpc) is 2.40. The summed E-state index contributed by atoms with van der Waals surface area (Å²) in [4.78, 5) is 0. The molecule has 3 heteroatoms. The van der Waals surface area contributed by atoms with Gasteiger partial charge in [-0.25, -0.2) is 0 Å². The van der Waals surface area contributed by atoms with Crippen LogP contribution in [0.5, 0.6) is 0 Å². The zero-order chi connectivity index (χ0) is 12.9. The van der Waals surface area contributed by atoms with E-state index in [9.17, 15) is 0 Å². The van der Waals surface area contributed by atoms with Crippen LogP contribution in [-0.4, -0.2) is 38.0 Å². The first kappa shape index (κ1) is 14.9. The van der Waals surface area contributed by atoms with Gasteiger partial charge in [0.2, 0.25) is 0 Å². The molecule has 17 heavy (non-hydrogen) atoms. The Hall–Kier alpha value is -0.120. The molecule has 0 aromatic heterocycles. The molecule has 1 aliphatic heterocycles. The van der Waals surface area contributed by atoms with Crippen molar-refractivity contribution < 1.29 is 9.47 Å². The van der Waals surface area contributed by atoms with Crippen LogP contribution in [0.25, 0.3) is 0 Å². The summed E-state index contributed by atoms with van der Waals surface area (Å²) < 4.78 is 11.1. The molecule has 1 fully saturated rings. The summed E-state index contributed by atoms with van der Waals surface area (Å²) in [7, 11) is 1.74. The lowest BCUT2D eigenvalue weighted by atomic mass is 9.84. The van der Waals surface area contributed by atoms with Crippen molar-refractivity contribution in [2.75, 3.05) is 26.8 Å². The first-order chi connectivity index (χ1) is 7.87. The number of rotatable bonds is 7. The zero-order valence-electron chi connectivity index (χ0n) is 12.1. The third kappa shape index (κ3) is 4.94. The second-order valence-corrected chi connectivity index (χ2v) is 6.25. The Bertz CT molecular complexity index is 226. The third-order valence-corrected chi connectivity index (χ3v) is 3.65. The lowest BCUT2D eigenvalue weighted by Gasteiger charge is -2.27. The Kier molecular flexibility index (Phi) is 5.42. The molecule has 102 valence electrons. The normalized spacial score (nSPS) is 26.3. The van der Waals surface area contributed by atoms with Gasteiger partial charge in [-0.2, -0.15) is 0 Å². The van der Waals surface area contributed by atoms with E-state index in [0.717, 1.165) is 19.7 Å². The molecule has 1 unspecified atom stereocenters. The van der Waals surface area contributed by atoms with Gasteiger partial charge in [-0.3, -0.25) is 0 Å². The van der Waals surface area contributed by atoms with Gasteiger partial charge in [0.25, 0.3) is 0 Å². The van der Waals surface area contributed by atoms with Crippen LogP contribution in [0.3, 0.4) is 0 Å². The largest absolute Gasteiger partial charge is 0.383 e. The van der Waals surface area contributed by atoms with Crippen LogP contribution in [0.2, 0.25) is 0 Å². The molecular formula is C14H29NO2. The number of ether oxygens (including phenoxy) is 2. The second-order valence-electron chi connectivity index (χ2n) is 6.25. The van der Waals surface area contributed by atoms with Crippen LogP contribution in [0.4, 0.5) is 0 Å². The van der Waals surface area contributed by atoms with Crippen molar-refractivity contribution in [1.29, 1.82) is 0 Å². The van der Waals surface area contributed by atoms with Crippen molar-refractivity contribution >= 4 is 0 Å². The average molecular weight is 243 g/mol. The van der Waals surface area contributed by atoms with E-state index in [-0.39, 0.29) is 11.2 Å². The molecule has 3 nitrogen and oxygen atoms in total. The van der Waals surface area contributed by atoms with Crippen LogP contribution in [0.1, 0.15) is 47.0 Å². The molecule has 0 radical (unpaired) electrons. The predicted molar refractivity (Wildman–Crippen MR) is 71.3 cm³/mol. The molecule has 1 atom stereocenters. The molecule has 0 aromatic rings. The van der Waals surface area contributed by atoms with Crippen molar-refractivity contribution in [1.82, 2.24) is 5.32 Å². The van der Waals surface area contributed by atoms with Gasteiger partial charge in [-0.05, 0) is 59.4 Å². The molecule has 1 aliphatic rings. The third-order valence-electron chi connectivity index (χ3n) is 3.65. The summed E-state index contributed by atoms with van der Waals surface area (Å²) in [6.45, 7) is 11.7. The van der Waals surface area contributed by atoms with Crippen molar-refractivity contribution in [2.24, 2.45) is 5.92 Å². The standard InChI is InChI=1S/C14H29NO2/c1-13(2)11-12(14(3,4)17-13)7-6-8-15-9-10-16-5/h12,15H,6-11H2,1-5H3. The molecular weight excluding hydrogens is 214 g/mol. The summed E-state index contributed by atoms with van der Waals surface area (Å²) in [5, 5.41) is 3.39. The maximum absolute atomic E-state index is 6.10. The van der Waals surface area contributed by atoms with E-state index in [1.54, 1.807) is 7.11 Å². The fraction of sp³-hybridized carbons (Fsp3) is 1.00. The van der Waals surface area contributed by atoms with E-state index in [4.69, 9.17) is 9.47 Å². The van der Waals surface area contributed by atoms with E-state index in [1.807, 2.05) is 0 Å². The van der Waals surface area contributed by atoms with Gasteiger partial charge in [0.15, 0.2) is 0 Å². The second kappa shape index (κ2) is 6.17. The fourth-order valence-electron chi connectivity index (χ4n) is 2.90. The minimum Gasteiger partial charge on any atom is -0.383 e. The number of nitrogens with one attached hydrogen (secondary N) is 1. The molecule has 0 aromatic carbocycles. The summed E-state index contributed by atoms with van der Waals surface area (Å²) in [5.74, 6) is 0.682.